The summed E-state index contributed by atoms with van der Waals surface area (Å²) in [6.45, 7) is 2.03. The molecule has 0 bridgehead atoms. The molecule has 0 aliphatic carbocycles. The monoisotopic (exact) mass is 401 g/mol. The van der Waals surface area contributed by atoms with Gasteiger partial charge >= 0.3 is 0 Å². The van der Waals surface area contributed by atoms with E-state index in [-0.39, 0.29) is 0 Å². The van der Waals surface area contributed by atoms with Crippen LogP contribution < -0.4 is 0 Å². The lowest BCUT2D eigenvalue weighted by molar-refractivity contribution is 0.620. The molecule has 148 valence electrons. The molecule has 0 fully saturated rings. The van der Waals surface area contributed by atoms with E-state index in [1.807, 2.05) is 55.6 Å². The van der Waals surface area contributed by atoms with Crippen LogP contribution in [0.2, 0.25) is 0 Å². The molecule has 0 N–H and O–H groups in total. The molecule has 3 heterocycles. The smallest absolute Gasteiger partial charge is 0.227 e. The van der Waals surface area contributed by atoms with Crippen LogP contribution in [0.1, 0.15) is 12.5 Å². The molecule has 0 aliphatic rings. The number of hydrogen-bond donors (Lipinski definition) is 0. The standard InChI is InChI=1S/C27H19N3O/c1-2-7-18-11-13-23-20(16-18)21-17-19(27-29-22-8-3-4-9-25(22)31-27)12-14-24(21)30(23)26-10-5-6-15-28-26/h2-17H,1H3. The second-order valence-corrected chi connectivity index (χ2v) is 7.52. The maximum absolute atomic E-state index is 6.03. The molecule has 6 rings (SSSR count). The van der Waals surface area contributed by atoms with E-state index in [1.54, 1.807) is 0 Å². The number of pyridine rings is 1. The van der Waals surface area contributed by atoms with Crippen molar-refractivity contribution in [2.24, 2.45) is 0 Å². The highest BCUT2D eigenvalue weighted by atomic mass is 16.3. The minimum absolute atomic E-state index is 0.631. The lowest BCUT2D eigenvalue weighted by atomic mass is 10.1. The summed E-state index contributed by atoms with van der Waals surface area (Å²) in [6.07, 6.45) is 6.00. The fourth-order valence-electron chi connectivity index (χ4n) is 4.20. The predicted molar refractivity (Wildman–Crippen MR) is 126 cm³/mol. The number of allylic oxidation sites excluding steroid dienone is 1. The van der Waals surface area contributed by atoms with Gasteiger partial charge in [0, 0.05) is 22.5 Å². The lowest BCUT2D eigenvalue weighted by Gasteiger charge is -2.06. The maximum Gasteiger partial charge on any atom is 0.227 e. The van der Waals surface area contributed by atoms with Crippen molar-refractivity contribution in [3.8, 4) is 17.3 Å². The van der Waals surface area contributed by atoms with Gasteiger partial charge in [-0.15, -0.1) is 0 Å². The van der Waals surface area contributed by atoms with Crippen molar-refractivity contribution in [3.63, 3.8) is 0 Å². The van der Waals surface area contributed by atoms with Gasteiger partial charge in [0.05, 0.1) is 11.0 Å². The van der Waals surface area contributed by atoms with Gasteiger partial charge in [0.15, 0.2) is 5.58 Å². The second kappa shape index (κ2) is 6.96. The quantitative estimate of drug-likeness (QED) is 0.320. The van der Waals surface area contributed by atoms with Gasteiger partial charge in [-0.3, -0.25) is 4.57 Å². The van der Waals surface area contributed by atoms with Gasteiger partial charge in [-0.2, -0.15) is 0 Å². The molecule has 31 heavy (non-hydrogen) atoms. The van der Waals surface area contributed by atoms with Gasteiger partial charge in [0.1, 0.15) is 11.3 Å². The van der Waals surface area contributed by atoms with E-state index in [0.717, 1.165) is 38.9 Å². The zero-order chi connectivity index (χ0) is 20.8. The summed E-state index contributed by atoms with van der Waals surface area (Å²) < 4.78 is 8.24. The van der Waals surface area contributed by atoms with E-state index in [0.29, 0.717) is 5.89 Å². The van der Waals surface area contributed by atoms with E-state index in [1.165, 1.54) is 10.9 Å². The molecule has 0 saturated carbocycles. The van der Waals surface area contributed by atoms with Crippen molar-refractivity contribution in [3.05, 3.63) is 96.7 Å². The van der Waals surface area contributed by atoms with E-state index in [4.69, 9.17) is 4.42 Å². The van der Waals surface area contributed by atoms with E-state index < -0.39 is 0 Å². The summed E-state index contributed by atoms with van der Waals surface area (Å²) in [7, 11) is 0. The zero-order valence-electron chi connectivity index (χ0n) is 17.0. The van der Waals surface area contributed by atoms with Crippen molar-refractivity contribution in [2.75, 3.05) is 0 Å². The Balaban J connectivity index is 1.65. The number of fused-ring (bicyclic) bond motifs is 4. The molecule has 3 aromatic heterocycles. The molecule has 0 saturated heterocycles. The molecular formula is C27H19N3O. The molecule has 4 heteroatoms. The first-order chi connectivity index (χ1) is 15.3. The first-order valence-electron chi connectivity index (χ1n) is 10.3. The van der Waals surface area contributed by atoms with Crippen LogP contribution in [0.15, 0.2) is 95.6 Å². The van der Waals surface area contributed by atoms with Crippen LogP contribution in [-0.2, 0) is 0 Å². The van der Waals surface area contributed by atoms with Crippen LogP contribution >= 0.6 is 0 Å². The largest absolute Gasteiger partial charge is 0.436 e. The van der Waals surface area contributed by atoms with E-state index >= 15 is 0 Å². The Morgan fingerprint density at radius 1 is 0.839 bits per heavy atom. The number of para-hydroxylation sites is 2. The maximum atomic E-state index is 6.03. The summed E-state index contributed by atoms with van der Waals surface area (Å²) in [4.78, 5) is 9.29. The summed E-state index contributed by atoms with van der Waals surface area (Å²) in [6, 6.07) is 26.7. The fraction of sp³-hybridized carbons (Fsp3) is 0.0370. The fourth-order valence-corrected chi connectivity index (χ4v) is 4.20. The van der Waals surface area contributed by atoms with Gasteiger partial charge < -0.3 is 4.42 Å². The average Bonchev–Trinajstić information content (AvgIpc) is 3.38. The number of rotatable bonds is 3. The molecule has 0 unspecified atom stereocenters. The molecule has 6 aromatic rings. The van der Waals surface area contributed by atoms with E-state index in [2.05, 4.69) is 63.1 Å². The number of oxazole rings is 1. The Morgan fingerprint density at radius 3 is 2.45 bits per heavy atom. The normalized spacial score (nSPS) is 11.9. The van der Waals surface area contributed by atoms with Crippen LogP contribution in [0.3, 0.4) is 0 Å². The highest BCUT2D eigenvalue weighted by Gasteiger charge is 2.16. The summed E-state index contributed by atoms with van der Waals surface area (Å²) >= 11 is 0. The lowest BCUT2D eigenvalue weighted by Crippen LogP contribution is -1.96. The summed E-state index contributed by atoms with van der Waals surface area (Å²) in [5, 5.41) is 2.32. The van der Waals surface area contributed by atoms with Crippen molar-refractivity contribution in [1.29, 1.82) is 0 Å². The third kappa shape index (κ3) is 2.84. The topological polar surface area (TPSA) is 43.9 Å². The molecule has 0 spiro atoms. The molecule has 0 atom stereocenters. The molecular weight excluding hydrogens is 382 g/mol. The Bertz CT molecular complexity index is 1560. The average molecular weight is 401 g/mol. The predicted octanol–water partition coefficient (Wildman–Crippen LogP) is 7.02. The Hall–Kier alpha value is -4.18. The molecule has 0 aliphatic heterocycles. The minimum Gasteiger partial charge on any atom is -0.436 e. The van der Waals surface area contributed by atoms with Crippen LogP contribution in [0.25, 0.3) is 56.3 Å². The molecule has 0 radical (unpaired) electrons. The van der Waals surface area contributed by atoms with Crippen LogP contribution in [0, 0.1) is 0 Å². The number of benzene rings is 3. The van der Waals surface area contributed by atoms with Gasteiger partial charge in [-0.05, 0) is 67.1 Å². The van der Waals surface area contributed by atoms with Crippen molar-refractivity contribution >= 4 is 39.0 Å². The zero-order valence-corrected chi connectivity index (χ0v) is 17.0. The first kappa shape index (κ1) is 17.7. The SMILES string of the molecule is CC=Cc1ccc2c(c1)c1cc(-c3nc4ccccc4o3)ccc1n2-c1ccccn1. The molecule has 0 amide bonds. The Morgan fingerprint density at radius 2 is 1.65 bits per heavy atom. The van der Waals surface area contributed by atoms with Crippen LogP contribution in [0.5, 0.6) is 0 Å². The first-order valence-corrected chi connectivity index (χ1v) is 10.3. The van der Waals surface area contributed by atoms with Crippen molar-refractivity contribution in [1.82, 2.24) is 14.5 Å². The Labute approximate surface area is 179 Å². The third-order valence-electron chi connectivity index (χ3n) is 5.57. The van der Waals surface area contributed by atoms with E-state index in [9.17, 15) is 0 Å². The summed E-state index contributed by atoms with van der Waals surface area (Å²) in [5.41, 5.74) is 6.01. The van der Waals surface area contributed by atoms with Gasteiger partial charge in [-0.25, -0.2) is 9.97 Å². The minimum atomic E-state index is 0.631. The second-order valence-electron chi connectivity index (χ2n) is 7.52. The van der Waals surface area contributed by atoms with Gasteiger partial charge in [0.2, 0.25) is 5.89 Å². The van der Waals surface area contributed by atoms with Gasteiger partial charge in [0.25, 0.3) is 0 Å². The highest BCUT2D eigenvalue weighted by molar-refractivity contribution is 6.10. The summed E-state index contributed by atoms with van der Waals surface area (Å²) in [5.74, 6) is 1.53. The number of aromatic nitrogens is 3. The Kier molecular flexibility index (Phi) is 3.96. The third-order valence-corrected chi connectivity index (χ3v) is 5.57. The highest BCUT2D eigenvalue weighted by Crippen LogP contribution is 2.35. The van der Waals surface area contributed by atoms with Crippen LogP contribution in [0.4, 0.5) is 0 Å². The number of nitrogens with zero attached hydrogens (tertiary/aromatic N) is 3. The van der Waals surface area contributed by atoms with Crippen LogP contribution in [-0.4, -0.2) is 14.5 Å². The number of hydrogen-bond acceptors (Lipinski definition) is 3. The molecule has 3 aromatic carbocycles. The van der Waals surface area contributed by atoms with Crippen molar-refractivity contribution < 1.29 is 4.42 Å². The van der Waals surface area contributed by atoms with Crippen molar-refractivity contribution in [2.45, 2.75) is 6.92 Å². The molecule has 4 nitrogen and oxygen atoms in total. The van der Waals surface area contributed by atoms with Gasteiger partial charge in [-0.1, -0.05) is 36.4 Å².